The third kappa shape index (κ3) is 1.90. The highest BCUT2D eigenvalue weighted by molar-refractivity contribution is 6.07. The molecule has 7 heteroatoms. The molecule has 2 aromatic heterocycles. The Kier molecular flexibility index (Phi) is 2.56. The Morgan fingerprint density at radius 3 is 2.90 bits per heavy atom. The largest absolute Gasteiger partial charge is 0.471 e. The molecule has 0 saturated heterocycles. The number of fused-ring (bicyclic) bond motifs is 1. The van der Waals surface area contributed by atoms with Gasteiger partial charge in [0.05, 0.1) is 22.7 Å². The summed E-state index contributed by atoms with van der Waals surface area (Å²) >= 11 is 0. The SMILES string of the molecule is Cc1nn(-c2ccccc2)c2c1/C(=N/c1ncn[nH]1)CO2. The van der Waals surface area contributed by atoms with E-state index in [0.29, 0.717) is 12.6 Å². The van der Waals surface area contributed by atoms with Crippen LogP contribution in [0.5, 0.6) is 5.88 Å². The number of aliphatic imine (C=N–C) groups is 1. The second-order valence-corrected chi connectivity index (χ2v) is 4.67. The molecular formula is C14H12N6O. The number of ether oxygens (including phenoxy) is 1. The fraction of sp³-hybridized carbons (Fsp3) is 0.143. The number of nitrogens with zero attached hydrogens (tertiary/aromatic N) is 5. The Balaban J connectivity index is 1.82. The number of rotatable bonds is 2. The van der Waals surface area contributed by atoms with Crippen molar-refractivity contribution >= 4 is 11.7 Å². The topological polar surface area (TPSA) is 81.0 Å². The Labute approximate surface area is 120 Å². The van der Waals surface area contributed by atoms with Crippen molar-refractivity contribution in [1.82, 2.24) is 25.0 Å². The van der Waals surface area contributed by atoms with E-state index in [1.54, 1.807) is 4.68 Å². The highest BCUT2D eigenvalue weighted by atomic mass is 16.5. The van der Waals surface area contributed by atoms with Crippen molar-refractivity contribution in [2.75, 3.05) is 6.61 Å². The number of aromatic nitrogens is 5. The van der Waals surface area contributed by atoms with Crippen LogP contribution in [0.3, 0.4) is 0 Å². The maximum atomic E-state index is 5.77. The van der Waals surface area contributed by atoms with E-state index in [2.05, 4.69) is 25.3 Å². The minimum absolute atomic E-state index is 0.404. The zero-order valence-electron chi connectivity index (χ0n) is 11.3. The minimum Gasteiger partial charge on any atom is -0.471 e. The molecule has 3 heterocycles. The molecule has 1 aliphatic heterocycles. The fourth-order valence-corrected chi connectivity index (χ4v) is 2.39. The standard InChI is InChI=1S/C14H12N6O/c1-9-12-11(17-14-15-8-16-18-14)7-21-13(12)20(19-9)10-5-3-2-4-6-10/h2-6,8H,7H2,1H3,(H,15,16,18)/b17-11+. The van der Waals surface area contributed by atoms with Crippen molar-refractivity contribution in [2.24, 2.45) is 4.99 Å². The van der Waals surface area contributed by atoms with Gasteiger partial charge in [0, 0.05) is 0 Å². The molecule has 3 aromatic rings. The number of nitrogens with one attached hydrogen (secondary N) is 1. The van der Waals surface area contributed by atoms with E-state index in [1.807, 2.05) is 37.3 Å². The van der Waals surface area contributed by atoms with Crippen LogP contribution in [-0.4, -0.2) is 37.3 Å². The minimum atomic E-state index is 0.404. The van der Waals surface area contributed by atoms with Crippen LogP contribution >= 0.6 is 0 Å². The summed E-state index contributed by atoms with van der Waals surface area (Å²) in [6.45, 7) is 2.35. The molecular weight excluding hydrogens is 268 g/mol. The molecule has 0 bridgehead atoms. The molecule has 0 fully saturated rings. The molecule has 1 aliphatic rings. The number of hydrogen-bond acceptors (Lipinski definition) is 5. The second-order valence-electron chi connectivity index (χ2n) is 4.67. The van der Waals surface area contributed by atoms with Crippen molar-refractivity contribution in [1.29, 1.82) is 0 Å². The predicted octanol–water partition coefficient (Wildman–Crippen LogP) is 1.81. The molecule has 1 aromatic carbocycles. The zero-order valence-corrected chi connectivity index (χ0v) is 11.3. The summed E-state index contributed by atoms with van der Waals surface area (Å²) in [4.78, 5) is 8.45. The van der Waals surface area contributed by atoms with Gasteiger partial charge in [0.25, 0.3) is 0 Å². The molecule has 0 saturated carbocycles. The zero-order chi connectivity index (χ0) is 14.2. The molecule has 7 nitrogen and oxygen atoms in total. The van der Waals surface area contributed by atoms with Gasteiger partial charge in [0.15, 0.2) is 0 Å². The first kappa shape index (κ1) is 11.8. The van der Waals surface area contributed by atoms with E-state index < -0.39 is 0 Å². The first-order valence-corrected chi connectivity index (χ1v) is 6.54. The van der Waals surface area contributed by atoms with Gasteiger partial charge in [-0.2, -0.15) is 15.2 Å². The fourth-order valence-electron chi connectivity index (χ4n) is 2.39. The van der Waals surface area contributed by atoms with Crippen LogP contribution in [0.4, 0.5) is 5.95 Å². The van der Waals surface area contributed by atoms with Crippen molar-refractivity contribution < 1.29 is 4.74 Å². The number of aromatic amines is 1. The number of aryl methyl sites for hydroxylation is 1. The number of H-pyrrole nitrogens is 1. The van der Waals surface area contributed by atoms with Crippen LogP contribution in [0.2, 0.25) is 0 Å². The third-order valence-electron chi connectivity index (χ3n) is 3.30. The second kappa shape index (κ2) is 4.55. The van der Waals surface area contributed by atoms with Gasteiger partial charge in [-0.05, 0) is 19.1 Å². The van der Waals surface area contributed by atoms with Crippen LogP contribution in [0, 0.1) is 6.92 Å². The number of hydrogen-bond donors (Lipinski definition) is 1. The van der Waals surface area contributed by atoms with Gasteiger partial charge in [-0.15, -0.1) is 0 Å². The normalized spacial score (nSPS) is 15.2. The quantitative estimate of drug-likeness (QED) is 0.776. The van der Waals surface area contributed by atoms with E-state index in [4.69, 9.17) is 4.74 Å². The summed E-state index contributed by atoms with van der Waals surface area (Å²) in [6, 6.07) is 9.88. The van der Waals surface area contributed by atoms with Crippen molar-refractivity contribution in [3.63, 3.8) is 0 Å². The van der Waals surface area contributed by atoms with Gasteiger partial charge < -0.3 is 4.74 Å². The summed E-state index contributed by atoms with van der Waals surface area (Å²) in [5.74, 6) is 1.19. The molecule has 0 radical (unpaired) electrons. The first-order valence-electron chi connectivity index (χ1n) is 6.54. The molecule has 1 N–H and O–H groups in total. The molecule has 4 rings (SSSR count). The monoisotopic (exact) mass is 280 g/mol. The highest BCUT2D eigenvalue weighted by Crippen LogP contribution is 2.31. The Hall–Kier alpha value is -2.96. The summed E-state index contributed by atoms with van der Waals surface area (Å²) < 4.78 is 7.57. The van der Waals surface area contributed by atoms with Crippen molar-refractivity contribution in [2.45, 2.75) is 6.92 Å². The summed E-state index contributed by atoms with van der Waals surface area (Å²) in [7, 11) is 0. The number of benzene rings is 1. The Bertz CT molecular complexity index is 804. The maximum absolute atomic E-state index is 5.77. The van der Waals surface area contributed by atoms with E-state index in [1.165, 1.54) is 6.33 Å². The van der Waals surface area contributed by atoms with Crippen LogP contribution in [0.25, 0.3) is 5.69 Å². The van der Waals surface area contributed by atoms with Gasteiger partial charge in [-0.1, -0.05) is 18.2 Å². The van der Waals surface area contributed by atoms with Crippen LogP contribution in [0.1, 0.15) is 11.3 Å². The summed E-state index contributed by atoms with van der Waals surface area (Å²) in [5.41, 5.74) is 3.57. The molecule has 0 spiro atoms. The summed E-state index contributed by atoms with van der Waals surface area (Å²) in [6.07, 6.45) is 1.43. The Morgan fingerprint density at radius 1 is 1.29 bits per heavy atom. The molecule has 0 aliphatic carbocycles. The highest BCUT2D eigenvalue weighted by Gasteiger charge is 2.28. The van der Waals surface area contributed by atoms with E-state index in [9.17, 15) is 0 Å². The smallest absolute Gasteiger partial charge is 0.245 e. The lowest BCUT2D eigenvalue weighted by atomic mass is 10.2. The average Bonchev–Trinajstić information content (AvgIpc) is 3.21. The predicted molar refractivity (Wildman–Crippen MR) is 76.4 cm³/mol. The first-order chi connectivity index (χ1) is 10.3. The van der Waals surface area contributed by atoms with E-state index >= 15 is 0 Å². The molecule has 104 valence electrons. The average molecular weight is 280 g/mol. The van der Waals surface area contributed by atoms with Gasteiger partial charge in [-0.3, -0.25) is 0 Å². The van der Waals surface area contributed by atoms with Gasteiger partial charge in [0.1, 0.15) is 12.9 Å². The third-order valence-corrected chi connectivity index (χ3v) is 3.30. The van der Waals surface area contributed by atoms with Crippen LogP contribution in [-0.2, 0) is 0 Å². The lowest BCUT2D eigenvalue weighted by Crippen LogP contribution is -2.06. The van der Waals surface area contributed by atoms with E-state index in [0.717, 1.165) is 28.5 Å². The molecule has 0 amide bonds. The van der Waals surface area contributed by atoms with Gasteiger partial charge in [0.2, 0.25) is 11.8 Å². The van der Waals surface area contributed by atoms with E-state index in [-0.39, 0.29) is 0 Å². The van der Waals surface area contributed by atoms with Crippen molar-refractivity contribution in [3.8, 4) is 11.6 Å². The van der Waals surface area contributed by atoms with Crippen molar-refractivity contribution in [3.05, 3.63) is 47.9 Å². The molecule has 0 atom stereocenters. The molecule has 21 heavy (non-hydrogen) atoms. The van der Waals surface area contributed by atoms with Crippen LogP contribution in [0.15, 0.2) is 41.7 Å². The lowest BCUT2D eigenvalue weighted by Gasteiger charge is -2.04. The lowest BCUT2D eigenvalue weighted by molar-refractivity contribution is 0.364. The Morgan fingerprint density at radius 2 is 2.14 bits per heavy atom. The molecule has 0 unspecified atom stereocenters. The summed E-state index contributed by atoms with van der Waals surface area (Å²) in [5, 5.41) is 11.1. The van der Waals surface area contributed by atoms with Gasteiger partial charge in [-0.25, -0.2) is 14.8 Å². The van der Waals surface area contributed by atoms with Gasteiger partial charge >= 0.3 is 0 Å². The van der Waals surface area contributed by atoms with Crippen LogP contribution < -0.4 is 4.74 Å². The number of para-hydroxylation sites is 1. The maximum Gasteiger partial charge on any atom is 0.245 e.